The summed E-state index contributed by atoms with van der Waals surface area (Å²) in [4.78, 5) is 16.5. The van der Waals surface area contributed by atoms with E-state index in [4.69, 9.17) is 14.8 Å². The zero-order valence-electron chi connectivity index (χ0n) is 30.2. The Morgan fingerprint density at radius 2 is 1.63 bits per heavy atom. The van der Waals surface area contributed by atoms with Gasteiger partial charge >= 0.3 is 5.97 Å². The molecule has 2 aromatic rings. The molecular formula is C35H47FN2O13S3. The number of unbranched alkanes of at least 4 members (excludes halogenated alkanes) is 2. The number of benzene rings is 2. The van der Waals surface area contributed by atoms with Crippen molar-refractivity contribution in [3.8, 4) is 0 Å². The van der Waals surface area contributed by atoms with Crippen molar-refractivity contribution < 1.29 is 63.0 Å². The number of carboxylic acid groups (broad SMARTS) is 1. The van der Waals surface area contributed by atoms with Gasteiger partial charge in [-0.15, -0.1) is 0 Å². The third-order valence-corrected chi connectivity index (χ3v) is 12.0. The standard InChI is InChI=1S/C35H47FN2O13S3/c1-34(17-21-51-3,27-23-25(53(45,46)47)12-14-29(27)36)31(37-18-6-4-5-11-33(40)41)9-7-10-32-35(2,16-8-22-52(42,43)44)28-24-26(54(48,49)50)13-15-30(28)38(32)19-20-39/h7,9-10,12-15,23-24,39H,4-6,8,11,16-22H2,1-3H3,(H,40,41)(H,42,43,44)(H,45,46,47)(H,48,49,50)/b9-7+,32-10+,37-31?. The van der Waals surface area contributed by atoms with Crippen molar-refractivity contribution in [1.29, 1.82) is 0 Å². The number of anilines is 1. The summed E-state index contributed by atoms with van der Waals surface area (Å²) in [6, 6.07) is 6.76. The lowest BCUT2D eigenvalue weighted by Gasteiger charge is -2.32. The fraction of sp³-hybridized carbons (Fsp3) is 0.486. The number of halogens is 1. The fourth-order valence-electron chi connectivity index (χ4n) is 6.60. The van der Waals surface area contributed by atoms with Crippen LogP contribution in [0.2, 0.25) is 0 Å². The van der Waals surface area contributed by atoms with Crippen LogP contribution >= 0.6 is 0 Å². The molecule has 1 aliphatic rings. The number of rotatable bonds is 21. The first-order chi connectivity index (χ1) is 25.1. The predicted octanol–water partition coefficient (Wildman–Crippen LogP) is 4.58. The van der Waals surface area contributed by atoms with Crippen LogP contribution in [-0.2, 0) is 50.7 Å². The zero-order chi connectivity index (χ0) is 40.5. The molecule has 15 nitrogen and oxygen atoms in total. The number of methoxy groups -OCH3 is 1. The third-order valence-electron chi connectivity index (χ3n) is 9.45. The molecule has 54 heavy (non-hydrogen) atoms. The number of aliphatic hydroxyl groups excluding tert-OH is 1. The van der Waals surface area contributed by atoms with E-state index in [1.165, 1.54) is 25.3 Å². The van der Waals surface area contributed by atoms with E-state index in [9.17, 15) is 48.8 Å². The monoisotopic (exact) mass is 818 g/mol. The Balaban J connectivity index is 2.26. The van der Waals surface area contributed by atoms with Crippen LogP contribution in [0, 0.1) is 5.82 Å². The molecule has 5 N–H and O–H groups in total. The summed E-state index contributed by atoms with van der Waals surface area (Å²) >= 11 is 0. The van der Waals surface area contributed by atoms with Crippen molar-refractivity contribution in [1.82, 2.24) is 0 Å². The molecule has 1 aliphatic heterocycles. The Hall–Kier alpha value is -3.56. The Bertz CT molecular complexity index is 2100. The second-order valence-electron chi connectivity index (χ2n) is 13.3. The second kappa shape index (κ2) is 18.4. The van der Waals surface area contributed by atoms with Gasteiger partial charge in [-0.25, -0.2) is 4.39 Å². The minimum atomic E-state index is -4.74. The van der Waals surface area contributed by atoms with Crippen LogP contribution in [0.4, 0.5) is 10.1 Å². The van der Waals surface area contributed by atoms with Gasteiger partial charge in [0.1, 0.15) is 5.82 Å². The molecule has 2 unspecified atom stereocenters. The molecule has 0 radical (unpaired) electrons. The van der Waals surface area contributed by atoms with Crippen LogP contribution in [0.25, 0.3) is 0 Å². The van der Waals surface area contributed by atoms with E-state index in [2.05, 4.69) is 0 Å². The highest BCUT2D eigenvalue weighted by Crippen LogP contribution is 2.51. The highest BCUT2D eigenvalue weighted by atomic mass is 32.2. The van der Waals surface area contributed by atoms with Gasteiger partial charge in [-0.05, 0) is 100 Å². The number of nitrogens with zero attached hydrogens (tertiary/aromatic N) is 2. The van der Waals surface area contributed by atoms with E-state index in [-0.39, 0.29) is 63.3 Å². The van der Waals surface area contributed by atoms with Gasteiger partial charge in [0.2, 0.25) is 0 Å². The third kappa shape index (κ3) is 11.5. The van der Waals surface area contributed by atoms with Crippen LogP contribution in [0.1, 0.15) is 69.9 Å². The van der Waals surface area contributed by atoms with Gasteiger partial charge in [0.05, 0.1) is 22.2 Å². The molecule has 0 saturated heterocycles. The molecule has 0 fully saturated rings. The molecule has 0 saturated carbocycles. The molecule has 0 aliphatic carbocycles. The Labute approximate surface area is 315 Å². The minimum Gasteiger partial charge on any atom is -0.481 e. The van der Waals surface area contributed by atoms with Crippen molar-refractivity contribution in [2.24, 2.45) is 4.99 Å². The highest BCUT2D eigenvalue weighted by molar-refractivity contribution is 7.86. The maximum atomic E-state index is 15.7. The summed E-state index contributed by atoms with van der Waals surface area (Å²) in [6.45, 7) is 3.24. The van der Waals surface area contributed by atoms with Gasteiger partial charge < -0.3 is 19.8 Å². The fourth-order valence-corrected chi connectivity index (χ4v) is 8.13. The topological polar surface area (TPSA) is 245 Å². The molecule has 0 aromatic heterocycles. The minimum absolute atomic E-state index is 0.0161. The quantitative estimate of drug-likeness (QED) is 0.0658. The molecular weight excluding hydrogens is 772 g/mol. The largest absolute Gasteiger partial charge is 0.481 e. The Morgan fingerprint density at radius 1 is 0.981 bits per heavy atom. The average molecular weight is 819 g/mol. The van der Waals surface area contributed by atoms with Crippen molar-refractivity contribution in [2.45, 2.75) is 79.4 Å². The lowest BCUT2D eigenvalue weighted by atomic mass is 9.74. The van der Waals surface area contributed by atoms with Gasteiger partial charge in [0, 0.05) is 66.7 Å². The molecule has 1 heterocycles. The number of fused-ring (bicyclic) bond motifs is 1. The smallest absolute Gasteiger partial charge is 0.303 e. The number of aliphatic hydroxyl groups is 1. The Morgan fingerprint density at radius 3 is 2.22 bits per heavy atom. The lowest BCUT2D eigenvalue weighted by molar-refractivity contribution is -0.137. The van der Waals surface area contributed by atoms with Crippen molar-refractivity contribution >= 4 is 47.7 Å². The first kappa shape index (κ1) is 44.8. The number of carboxylic acids is 1. The summed E-state index contributed by atoms with van der Waals surface area (Å²) in [5.74, 6) is -2.34. The van der Waals surface area contributed by atoms with E-state index in [0.717, 1.165) is 18.2 Å². The normalized spacial score (nSPS) is 18.7. The van der Waals surface area contributed by atoms with Crippen molar-refractivity contribution in [2.75, 3.05) is 44.1 Å². The molecule has 0 amide bonds. The first-order valence-corrected chi connectivity index (χ1v) is 21.4. The number of ether oxygens (including phenoxy) is 1. The number of hydrogen-bond donors (Lipinski definition) is 5. The van der Waals surface area contributed by atoms with E-state index in [1.807, 2.05) is 0 Å². The predicted molar refractivity (Wildman–Crippen MR) is 199 cm³/mol. The number of β-amino-alcohol motifs (C(OH)–C–C–N with tert-alkyl or cyclic N) is 1. The van der Waals surface area contributed by atoms with Gasteiger partial charge in [-0.1, -0.05) is 12.5 Å². The summed E-state index contributed by atoms with van der Waals surface area (Å²) in [5, 5.41) is 19.0. The lowest BCUT2D eigenvalue weighted by Crippen LogP contribution is -2.34. The Kier molecular flexibility index (Phi) is 15.3. The van der Waals surface area contributed by atoms with E-state index in [0.29, 0.717) is 36.2 Å². The highest BCUT2D eigenvalue weighted by Gasteiger charge is 2.44. The second-order valence-corrected chi connectivity index (χ2v) is 17.7. The number of hydrogen-bond acceptors (Lipinski definition) is 11. The van der Waals surface area contributed by atoms with Gasteiger partial charge in [-0.3, -0.25) is 23.4 Å². The van der Waals surface area contributed by atoms with Crippen LogP contribution in [0.5, 0.6) is 0 Å². The number of allylic oxidation sites excluding steroid dienone is 4. The van der Waals surface area contributed by atoms with E-state index < -0.39 is 68.5 Å². The first-order valence-electron chi connectivity index (χ1n) is 17.0. The van der Waals surface area contributed by atoms with Crippen LogP contribution in [0.3, 0.4) is 0 Å². The molecule has 3 rings (SSSR count). The zero-order valence-corrected chi connectivity index (χ0v) is 32.6. The van der Waals surface area contributed by atoms with Crippen LogP contribution in [-0.4, -0.2) is 100.0 Å². The molecule has 2 atom stereocenters. The van der Waals surface area contributed by atoms with Gasteiger partial charge in [-0.2, -0.15) is 25.3 Å². The maximum Gasteiger partial charge on any atom is 0.303 e. The number of aliphatic carboxylic acids is 1. The van der Waals surface area contributed by atoms with Crippen LogP contribution < -0.4 is 4.90 Å². The van der Waals surface area contributed by atoms with E-state index in [1.54, 1.807) is 37.0 Å². The molecule has 0 spiro atoms. The van der Waals surface area contributed by atoms with Crippen molar-refractivity contribution in [3.63, 3.8) is 0 Å². The average Bonchev–Trinajstić information content (AvgIpc) is 3.29. The summed E-state index contributed by atoms with van der Waals surface area (Å²) in [7, 11) is -12.3. The SMILES string of the molecule is COCCC(C)(C(/C=C/C=C1/N(CCO)c2ccc(S(=O)(=O)O)cc2C1(C)CCCS(=O)(=O)O)=NCCCCCC(=O)O)c1cc(S(=O)(=O)O)ccc1F. The molecule has 300 valence electrons. The van der Waals surface area contributed by atoms with Gasteiger partial charge in [0.15, 0.2) is 0 Å². The van der Waals surface area contributed by atoms with Crippen LogP contribution in [0.15, 0.2) is 75.1 Å². The molecule has 19 heteroatoms. The number of aliphatic imine (C=N–C) groups is 1. The number of carbonyl (C=O) groups is 1. The maximum absolute atomic E-state index is 15.7. The molecule has 0 bridgehead atoms. The summed E-state index contributed by atoms with van der Waals surface area (Å²) in [5.41, 5.74) is -1.04. The molecule has 2 aromatic carbocycles. The van der Waals surface area contributed by atoms with Crippen molar-refractivity contribution in [3.05, 3.63) is 77.3 Å². The van der Waals surface area contributed by atoms with Gasteiger partial charge in [0.25, 0.3) is 30.4 Å². The van der Waals surface area contributed by atoms with E-state index >= 15 is 4.39 Å². The summed E-state index contributed by atoms with van der Waals surface area (Å²) in [6.07, 6.45) is 6.16. The summed E-state index contributed by atoms with van der Waals surface area (Å²) < 4.78 is 122.